The van der Waals surface area contributed by atoms with Gasteiger partial charge in [-0.25, -0.2) is 0 Å². The first-order valence-corrected chi connectivity index (χ1v) is 7.32. The molecule has 0 heterocycles. The average Bonchev–Trinajstić information content (AvgIpc) is 2.49. The minimum absolute atomic E-state index is 0.000593. The van der Waals surface area contributed by atoms with Crippen LogP contribution in [0.1, 0.15) is 38.2 Å². The van der Waals surface area contributed by atoms with Crippen LogP contribution in [0.4, 0.5) is 0 Å². The lowest BCUT2D eigenvalue weighted by atomic mass is 10.2. The number of unbranched alkanes of at least 4 members (excludes halogenated alkanes) is 2. The standard InChI is InChI=1S/C16H23NO4/c1-2-13-7-9-14(10-8-13)21-12-15(18)17-11-5-3-4-6-16(19)20/h7-10H,2-6,11-12H2,1H3,(H,17,18)(H,19,20). The first-order chi connectivity index (χ1) is 10.1. The van der Waals surface area contributed by atoms with Crippen molar-refractivity contribution in [3.8, 4) is 5.75 Å². The number of carbonyl (C=O) groups excluding carboxylic acids is 1. The lowest BCUT2D eigenvalue weighted by Gasteiger charge is -2.08. The highest BCUT2D eigenvalue weighted by Gasteiger charge is 2.02. The minimum atomic E-state index is -0.776. The number of carbonyl (C=O) groups is 2. The Hall–Kier alpha value is -2.04. The summed E-state index contributed by atoms with van der Waals surface area (Å²) in [6, 6.07) is 7.68. The van der Waals surface area contributed by atoms with Gasteiger partial charge in [-0.3, -0.25) is 9.59 Å². The zero-order valence-electron chi connectivity index (χ0n) is 12.4. The molecule has 0 aliphatic rings. The van der Waals surface area contributed by atoms with E-state index in [4.69, 9.17) is 9.84 Å². The number of rotatable bonds is 10. The number of amides is 1. The molecule has 0 bridgehead atoms. The molecule has 0 atom stereocenters. The molecule has 0 aliphatic carbocycles. The van der Waals surface area contributed by atoms with E-state index >= 15 is 0 Å². The number of benzene rings is 1. The summed E-state index contributed by atoms with van der Waals surface area (Å²) in [5, 5.41) is 11.2. The Balaban J connectivity index is 2.09. The second-order valence-electron chi connectivity index (χ2n) is 4.84. The highest BCUT2D eigenvalue weighted by molar-refractivity contribution is 5.77. The second kappa shape index (κ2) is 9.80. The van der Waals surface area contributed by atoms with Crippen molar-refractivity contribution in [2.45, 2.75) is 39.0 Å². The Bertz CT molecular complexity index is 442. The van der Waals surface area contributed by atoms with Gasteiger partial charge in [0, 0.05) is 13.0 Å². The molecule has 5 nitrogen and oxygen atoms in total. The zero-order chi connectivity index (χ0) is 15.5. The molecule has 0 aromatic heterocycles. The second-order valence-corrected chi connectivity index (χ2v) is 4.84. The highest BCUT2D eigenvalue weighted by Crippen LogP contribution is 2.12. The van der Waals surface area contributed by atoms with Gasteiger partial charge in [0.05, 0.1) is 0 Å². The van der Waals surface area contributed by atoms with Gasteiger partial charge in [-0.1, -0.05) is 25.5 Å². The molecule has 5 heteroatoms. The van der Waals surface area contributed by atoms with Crippen molar-refractivity contribution in [3.63, 3.8) is 0 Å². The van der Waals surface area contributed by atoms with Gasteiger partial charge in [0.15, 0.2) is 6.61 Å². The predicted octanol–water partition coefficient (Wildman–Crippen LogP) is 2.39. The lowest BCUT2D eigenvalue weighted by molar-refractivity contribution is -0.137. The van der Waals surface area contributed by atoms with Crippen LogP contribution in [0.15, 0.2) is 24.3 Å². The van der Waals surface area contributed by atoms with E-state index in [1.807, 2.05) is 24.3 Å². The fraction of sp³-hybridized carbons (Fsp3) is 0.500. The Morgan fingerprint density at radius 3 is 2.48 bits per heavy atom. The van der Waals surface area contributed by atoms with Crippen LogP contribution in [0.5, 0.6) is 5.75 Å². The quantitative estimate of drug-likeness (QED) is 0.649. The highest BCUT2D eigenvalue weighted by atomic mass is 16.5. The summed E-state index contributed by atoms with van der Waals surface area (Å²) in [6.07, 6.45) is 3.38. The van der Waals surface area contributed by atoms with Gasteiger partial charge in [0.1, 0.15) is 5.75 Å². The molecule has 0 unspecified atom stereocenters. The molecule has 21 heavy (non-hydrogen) atoms. The van der Waals surface area contributed by atoms with Crippen molar-refractivity contribution in [2.24, 2.45) is 0 Å². The van der Waals surface area contributed by atoms with Gasteiger partial charge >= 0.3 is 5.97 Å². The molecule has 2 N–H and O–H groups in total. The van der Waals surface area contributed by atoms with Crippen LogP contribution in [-0.2, 0) is 16.0 Å². The zero-order valence-corrected chi connectivity index (χ0v) is 12.4. The van der Waals surface area contributed by atoms with E-state index in [9.17, 15) is 9.59 Å². The number of hydrogen-bond donors (Lipinski definition) is 2. The molecule has 1 aromatic rings. The van der Waals surface area contributed by atoms with Crippen LogP contribution in [0, 0.1) is 0 Å². The fourth-order valence-corrected chi connectivity index (χ4v) is 1.83. The van der Waals surface area contributed by atoms with Crippen LogP contribution in [-0.4, -0.2) is 30.1 Å². The van der Waals surface area contributed by atoms with E-state index in [2.05, 4.69) is 12.2 Å². The third-order valence-electron chi connectivity index (χ3n) is 3.09. The SMILES string of the molecule is CCc1ccc(OCC(=O)NCCCCCC(=O)O)cc1. The van der Waals surface area contributed by atoms with Crippen molar-refractivity contribution in [1.82, 2.24) is 5.32 Å². The summed E-state index contributed by atoms with van der Waals surface area (Å²) in [4.78, 5) is 21.9. The number of carboxylic acids is 1. The third kappa shape index (κ3) is 7.97. The largest absolute Gasteiger partial charge is 0.484 e. The van der Waals surface area contributed by atoms with Gasteiger partial charge in [-0.2, -0.15) is 0 Å². The van der Waals surface area contributed by atoms with Crippen molar-refractivity contribution >= 4 is 11.9 Å². The maximum Gasteiger partial charge on any atom is 0.303 e. The number of aryl methyl sites for hydroxylation is 1. The topological polar surface area (TPSA) is 75.6 Å². The smallest absolute Gasteiger partial charge is 0.303 e. The molecule has 1 aromatic carbocycles. The molecule has 0 saturated heterocycles. The lowest BCUT2D eigenvalue weighted by Crippen LogP contribution is -2.29. The van der Waals surface area contributed by atoms with Gasteiger partial charge in [-0.05, 0) is 37.0 Å². The summed E-state index contributed by atoms with van der Waals surface area (Å²) in [7, 11) is 0. The first-order valence-electron chi connectivity index (χ1n) is 7.32. The third-order valence-corrected chi connectivity index (χ3v) is 3.09. The molecule has 1 rings (SSSR count). The number of ether oxygens (including phenoxy) is 1. The molecular weight excluding hydrogens is 270 g/mol. The molecule has 0 aliphatic heterocycles. The van der Waals surface area contributed by atoms with E-state index in [1.165, 1.54) is 5.56 Å². The number of nitrogens with one attached hydrogen (secondary N) is 1. The van der Waals surface area contributed by atoms with Gasteiger partial charge in [-0.15, -0.1) is 0 Å². The predicted molar refractivity (Wildman–Crippen MR) is 80.4 cm³/mol. The van der Waals surface area contributed by atoms with Crippen LogP contribution in [0.25, 0.3) is 0 Å². The van der Waals surface area contributed by atoms with Crippen molar-refractivity contribution in [2.75, 3.05) is 13.2 Å². The Morgan fingerprint density at radius 2 is 1.86 bits per heavy atom. The minimum Gasteiger partial charge on any atom is -0.484 e. The maximum absolute atomic E-state index is 11.6. The van der Waals surface area contributed by atoms with Crippen LogP contribution in [0.3, 0.4) is 0 Å². The molecule has 0 radical (unpaired) electrons. The van der Waals surface area contributed by atoms with E-state index in [-0.39, 0.29) is 18.9 Å². The normalized spacial score (nSPS) is 10.1. The Morgan fingerprint density at radius 1 is 1.14 bits per heavy atom. The van der Waals surface area contributed by atoms with Gasteiger partial charge in [0.2, 0.25) is 0 Å². The first kappa shape index (κ1) is 17.0. The van der Waals surface area contributed by atoms with Crippen LogP contribution in [0.2, 0.25) is 0 Å². The number of hydrogen-bond acceptors (Lipinski definition) is 3. The molecular formula is C16H23NO4. The van der Waals surface area contributed by atoms with Crippen molar-refractivity contribution < 1.29 is 19.4 Å². The fourth-order valence-electron chi connectivity index (χ4n) is 1.83. The summed E-state index contributed by atoms with van der Waals surface area (Å²) in [6.45, 7) is 2.64. The molecule has 0 spiro atoms. The molecule has 0 fully saturated rings. The van der Waals surface area contributed by atoms with Gasteiger partial charge < -0.3 is 15.2 Å². The van der Waals surface area contributed by atoms with Crippen LogP contribution >= 0.6 is 0 Å². The number of carboxylic acid groups (broad SMARTS) is 1. The van der Waals surface area contributed by atoms with E-state index in [0.717, 1.165) is 19.3 Å². The van der Waals surface area contributed by atoms with Crippen molar-refractivity contribution in [1.29, 1.82) is 0 Å². The summed E-state index contributed by atoms with van der Waals surface area (Å²) in [5.74, 6) is -0.252. The summed E-state index contributed by atoms with van der Waals surface area (Å²) >= 11 is 0. The number of aliphatic carboxylic acids is 1. The maximum atomic E-state index is 11.6. The average molecular weight is 293 g/mol. The van der Waals surface area contributed by atoms with Crippen LogP contribution < -0.4 is 10.1 Å². The van der Waals surface area contributed by atoms with Crippen molar-refractivity contribution in [3.05, 3.63) is 29.8 Å². The monoisotopic (exact) mass is 293 g/mol. The van der Waals surface area contributed by atoms with E-state index in [0.29, 0.717) is 18.7 Å². The van der Waals surface area contributed by atoms with E-state index in [1.54, 1.807) is 0 Å². The molecule has 0 saturated carbocycles. The van der Waals surface area contributed by atoms with E-state index < -0.39 is 5.97 Å². The molecule has 1 amide bonds. The Labute approximate surface area is 125 Å². The summed E-state index contributed by atoms with van der Waals surface area (Å²) in [5.41, 5.74) is 1.23. The Kier molecular flexibility index (Phi) is 7.94. The summed E-state index contributed by atoms with van der Waals surface area (Å²) < 4.78 is 5.39. The molecule has 116 valence electrons. The van der Waals surface area contributed by atoms with Gasteiger partial charge in [0.25, 0.3) is 5.91 Å².